The fraction of sp³-hybridized carbons (Fsp3) is 0.0588. The van der Waals surface area contributed by atoms with Crippen molar-refractivity contribution in [1.82, 2.24) is 20.2 Å². The molecule has 4 aromatic rings. The van der Waals surface area contributed by atoms with Gasteiger partial charge in [0.2, 0.25) is 0 Å². The van der Waals surface area contributed by atoms with E-state index in [1.165, 1.54) is 0 Å². The number of anilines is 1. The maximum absolute atomic E-state index is 5.12. The van der Waals surface area contributed by atoms with Crippen molar-refractivity contribution in [3.05, 3.63) is 52.5 Å². The summed E-state index contributed by atoms with van der Waals surface area (Å²) in [5.41, 5.74) is 6.06. The molecule has 0 aliphatic heterocycles. The number of benzene rings is 2. The van der Waals surface area contributed by atoms with E-state index in [0.717, 1.165) is 32.2 Å². The molecule has 8 heteroatoms. The summed E-state index contributed by atoms with van der Waals surface area (Å²) in [4.78, 5) is 7.64. The van der Waals surface area contributed by atoms with Crippen molar-refractivity contribution in [2.24, 2.45) is 5.10 Å². The van der Waals surface area contributed by atoms with E-state index in [4.69, 9.17) is 4.74 Å². The first kappa shape index (κ1) is 15.5. The standard InChI is InChI=1S/C17H13BrN6O/c1-25-12-5-2-10(3-6-12)9-19-23-17-21-16-15(22-24-17)13-8-11(18)4-7-14(13)20-16/h2-9H,1H3,(H2,20,21,23,24)/b19-9-. The molecule has 0 spiro atoms. The summed E-state index contributed by atoms with van der Waals surface area (Å²) >= 11 is 3.46. The molecule has 2 N–H and O–H groups in total. The van der Waals surface area contributed by atoms with E-state index < -0.39 is 0 Å². The van der Waals surface area contributed by atoms with Gasteiger partial charge in [0.25, 0.3) is 5.95 Å². The number of ether oxygens (including phenoxy) is 1. The Balaban J connectivity index is 1.57. The van der Waals surface area contributed by atoms with Gasteiger partial charge in [-0.05, 0) is 48.0 Å². The summed E-state index contributed by atoms with van der Waals surface area (Å²) in [6.07, 6.45) is 1.68. The molecule has 2 aromatic carbocycles. The predicted molar refractivity (Wildman–Crippen MR) is 101 cm³/mol. The van der Waals surface area contributed by atoms with Crippen molar-refractivity contribution in [2.45, 2.75) is 0 Å². The fourth-order valence-corrected chi connectivity index (χ4v) is 2.81. The maximum Gasteiger partial charge on any atom is 0.265 e. The van der Waals surface area contributed by atoms with Gasteiger partial charge in [-0.25, -0.2) is 5.43 Å². The lowest BCUT2D eigenvalue weighted by Gasteiger charge is -1.99. The smallest absolute Gasteiger partial charge is 0.265 e. The molecular weight excluding hydrogens is 384 g/mol. The summed E-state index contributed by atoms with van der Waals surface area (Å²) in [5.74, 6) is 1.12. The summed E-state index contributed by atoms with van der Waals surface area (Å²) in [6, 6.07) is 13.5. The molecule has 2 aromatic heterocycles. The van der Waals surface area contributed by atoms with Crippen LogP contribution < -0.4 is 10.2 Å². The number of hydrogen-bond donors (Lipinski definition) is 2. The molecule has 0 saturated carbocycles. The largest absolute Gasteiger partial charge is 0.497 e. The third-order valence-electron chi connectivity index (χ3n) is 3.67. The Bertz CT molecular complexity index is 1070. The van der Waals surface area contributed by atoms with Gasteiger partial charge in [0.15, 0.2) is 5.65 Å². The van der Waals surface area contributed by atoms with Crippen LogP contribution in [0.1, 0.15) is 5.56 Å². The molecule has 2 heterocycles. The third-order valence-corrected chi connectivity index (χ3v) is 4.16. The van der Waals surface area contributed by atoms with Crippen molar-refractivity contribution in [1.29, 1.82) is 0 Å². The molecule has 0 amide bonds. The molecule has 124 valence electrons. The lowest BCUT2D eigenvalue weighted by atomic mass is 10.2. The van der Waals surface area contributed by atoms with Crippen LogP contribution in [0.5, 0.6) is 5.75 Å². The Kier molecular flexibility index (Phi) is 4.02. The highest BCUT2D eigenvalue weighted by molar-refractivity contribution is 9.10. The average molecular weight is 397 g/mol. The molecule has 0 radical (unpaired) electrons. The third kappa shape index (κ3) is 3.16. The first-order valence-electron chi connectivity index (χ1n) is 7.48. The number of methoxy groups -OCH3 is 1. The van der Waals surface area contributed by atoms with Crippen LogP contribution in [0.3, 0.4) is 0 Å². The van der Waals surface area contributed by atoms with Gasteiger partial charge in [0.1, 0.15) is 11.3 Å². The highest BCUT2D eigenvalue weighted by Crippen LogP contribution is 2.25. The number of rotatable bonds is 4. The zero-order valence-electron chi connectivity index (χ0n) is 13.2. The van der Waals surface area contributed by atoms with Gasteiger partial charge in [-0.2, -0.15) is 10.1 Å². The molecule has 0 unspecified atom stereocenters. The van der Waals surface area contributed by atoms with Gasteiger partial charge in [0, 0.05) is 15.4 Å². The van der Waals surface area contributed by atoms with Gasteiger partial charge in [-0.1, -0.05) is 15.9 Å². The van der Waals surface area contributed by atoms with Crippen molar-refractivity contribution in [3.63, 3.8) is 0 Å². The molecule has 0 saturated heterocycles. The van der Waals surface area contributed by atoms with Gasteiger partial charge < -0.3 is 9.72 Å². The Morgan fingerprint density at radius 2 is 2.00 bits per heavy atom. The van der Waals surface area contributed by atoms with Crippen molar-refractivity contribution in [2.75, 3.05) is 12.5 Å². The fourth-order valence-electron chi connectivity index (χ4n) is 2.45. The molecule has 0 bridgehead atoms. The van der Waals surface area contributed by atoms with Crippen molar-refractivity contribution in [3.8, 4) is 5.75 Å². The number of fused-ring (bicyclic) bond motifs is 3. The van der Waals surface area contributed by atoms with E-state index in [1.54, 1.807) is 13.3 Å². The second-order valence-corrected chi connectivity index (χ2v) is 6.21. The second kappa shape index (κ2) is 6.48. The first-order valence-corrected chi connectivity index (χ1v) is 8.27. The number of halogens is 1. The van der Waals surface area contributed by atoms with E-state index in [0.29, 0.717) is 11.6 Å². The summed E-state index contributed by atoms with van der Waals surface area (Å²) in [6.45, 7) is 0. The second-order valence-electron chi connectivity index (χ2n) is 5.29. The highest BCUT2D eigenvalue weighted by atomic mass is 79.9. The zero-order valence-corrected chi connectivity index (χ0v) is 14.8. The number of nitrogens with zero attached hydrogens (tertiary/aromatic N) is 4. The maximum atomic E-state index is 5.12. The predicted octanol–water partition coefficient (Wildman–Crippen LogP) is 3.72. The lowest BCUT2D eigenvalue weighted by Crippen LogP contribution is -1.99. The Morgan fingerprint density at radius 3 is 2.80 bits per heavy atom. The Hall–Kier alpha value is -3.00. The van der Waals surface area contributed by atoms with Crippen LogP contribution in [0.15, 0.2) is 52.0 Å². The van der Waals surface area contributed by atoms with Crippen LogP contribution in [-0.4, -0.2) is 33.5 Å². The first-order chi connectivity index (χ1) is 12.2. The number of H-pyrrole nitrogens is 1. The van der Waals surface area contributed by atoms with E-state index >= 15 is 0 Å². The molecular formula is C17H13BrN6O. The minimum Gasteiger partial charge on any atom is -0.497 e. The van der Waals surface area contributed by atoms with Gasteiger partial charge >= 0.3 is 0 Å². The van der Waals surface area contributed by atoms with E-state index in [1.807, 2.05) is 42.5 Å². The van der Waals surface area contributed by atoms with Crippen LogP contribution >= 0.6 is 15.9 Å². The molecule has 0 fully saturated rings. The average Bonchev–Trinajstić information content (AvgIpc) is 2.99. The number of aromatic amines is 1. The van der Waals surface area contributed by atoms with Gasteiger partial charge in [0.05, 0.1) is 13.3 Å². The van der Waals surface area contributed by atoms with Crippen LogP contribution in [-0.2, 0) is 0 Å². The minimum atomic E-state index is 0.322. The number of hydrazone groups is 1. The quantitative estimate of drug-likeness (QED) is 0.405. The Morgan fingerprint density at radius 1 is 1.16 bits per heavy atom. The van der Waals surface area contributed by atoms with Gasteiger partial charge in [-0.3, -0.25) is 0 Å². The normalized spacial score (nSPS) is 11.4. The van der Waals surface area contributed by atoms with E-state index in [-0.39, 0.29) is 0 Å². The van der Waals surface area contributed by atoms with Crippen LogP contribution in [0.4, 0.5) is 5.95 Å². The van der Waals surface area contributed by atoms with E-state index in [2.05, 4.69) is 46.6 Å². The molecule has 4 rings (SSSR count). The van der Waals surface area contributed by atoms with Crippen LogP contribution in [0.2, 0.25) is 0 Å². The van der Waals surface area contributed by atoms with Crippen LogP contribution in [0, 0.1) is 0 Å². The molecule has 0 aliphatic rings. The van der Waals surface area contributed by atoms with Crippen LogP contribution in [0.25, 0.3) is 22.1 Å². The molecule has 25 heavy (non-hydrogen) atoms. The van der Waals surface area contributed by atoms with Gasteiger partial charge in [-0.15, -0.1) is 10.2 Å². The monoisotopic (exact) mass is 396 g/mol. The highest BCUT2D eigenvalue weighted by Gasteiger charge is 2.09. The number of nitrogens with one attached hydrogen (secondary N) is 2. The topological polar surface area (TPSA) is 88.1 Å². The lowest BCUT2D eigenvalue weighted by molar-refractivity contribution is 0.415. The number of hydrogen-bond acceptors (Lipinski definition) is 6. The minimum absolute atomic E-state index is 0.322. The Labute approximate surface area is 151 Å². The van der Waals surface area contributed by atoms with Crippen molar-refractivity contribution < 1.29 is 4.74 Å². The summed E-state index contributed by atoms with van der Waals surface area (Å²) in [5, 5.41) is 13.4. The SMILES string of the molecule is COc1ccc(/C=N\Nc2nnc3c(n2)[nH]c2ccc(Br)cc23)cc1. The molecule has 0 atom stereocenters. The van der Waals surface area contributed by atoms with E-state index in [9.17, 15) is 0 Å². The summed E-state index contributed by atoms with van der Waals surface area (Å²) in [7, 11) is 1.63. The molecule has 0 aliphatic carbocycles. The zero-order chi connectivity index (χ0) is 17.2. The summed E-state index contributed by atoms with van der Waals surface area (Å²) < 4.78 is 6.10. The molecule has 7 nitrogen and oxygen atoms in total. The van der Waals surface area contributed by atoms with Crippen molar-refractivity contribution >= 4 is 50.2 Å². The number of aromatic nitrogens is 4.